The zero-order valence-electron chi connectivity index (χ0n) is 77.4. The molecule has 0 saturated carbocycles. The Morgan fingerprint density at radius 3 is 0.806 bits per heavy atom. The molecule has 0 N–H and O–H groups in total. The molecule has 0 atom stereocenters. The van der Waals surface area contributed by atoms with Gasteiger partial charge in [-0.3, -0.25) is 0 Å². The lowest BCUT2D eigenvalue weighted by atomic mass is 9.91. The Kier molecular flexibility index (Phi) is 21.0. The van der Waals surface area contributed by atoms with E-state index in [-0.39, 0.29) is 0 Å². The van der Waals surface area contributed by atoms with Crippen LogP contribution in [0.1, 0.15) is 27.8 Å². The topological polar surface area (TPSA) is 153 Å². The highest BCUT2D eigenvalue weighted by Gasteiger charge is 2.28. The van der Waals surface area contributed by atoms with E-state index in [1.165, 1.54) is 26.9 Å². The van der Waals surface area contributed by atoms with Gasteiger partial charge in [0.1, 0.15) is 6.07 Å². The molecule has 6 aromatic heterocycles. The van der Waals surface area contributed by atoms with E-state index in [0.29, 0.717) is 33.5 Å². The number of benzene rings is 21. The van der Waals surface area contributed by atoms with Crippen LogP contribution in [-0.2, 0) is 0 Å². The molecule has 0 aliphatic rings. The highest BCUT2D eigenvalue weighted by Crippen LogP contribution is 2.51. The Morgan fingerprint density at radius 1 is 0.167 bits per heavy atom. The summed E-state index contributed by atoms with van der Waals surface area (Å²) >= 11 is 0. The van der Waals surface area contributed by atoms with Crippen molar-refractivity contribution in [2.24, 2.45) is 0 Å². The first-order chi connectivity index (χ1) is 71.3. The van der Waals surface area contributed by atoms with Gasteiger partial charge in [-0.25, -0.2) is 4.85 Å². The van der Waals surface area contributed by atoms with Crippen molar-refractivity contribution >= 4 is 137 Å². The van der Waals surface area contributed by atoms with E-state index < -0.39 is 0 Å². The third-order valence-electron chi connectivity index (χ3n) is 28.2. The smallest absolute Gasteiger partial charge is 0.189 e. The van der Waals surface area contributed by atoms with Crippen LogP contribution in [0.4, 0.5) is 5.69 Å². The SMILES string of the molecule is N#Cc1ccc(-n2c3ccccc3c3c(-c4ccccc4-c4ccccc4-n4c5ccccc5c5cc(C#N)ccc54)cccc32)cc1.N#Cc1ccc2c(c1)c1c(-c3ccccc3-c3ccccc3-n3c4ccccc4c4ccccc43)cccc1n2-c1ccccc1C#N.[C-]#[N+]c1cccc(-n2c3ccccc3c3c(-c4ccccc4-c4ccccc4-n4c5ccccc5c5cc(C#N)ccc54)cccc32)c1. The summed E-state index contributed by atoms with van der Waals surface area (Å²) in [6.45, 7) is 7.62. The minimum absolute atomic E-state index is 0.589. The molecule has 0 spiro atoms. The Morgan fingerprint density at radius 2 is 0.424 bits per heavy atom. The van der Waals surface area contributed by atoms with Gasteiger partial charge < -0.3 is 27.4 Å². The van der Waals surface area contributed by atoms with Crippen molar-refractivity contribution in [2.45, 2.75) is 0 Å². The standard InChI is InChI=1S/3C44H26N4/c1-46-30-12-10-13-31(27-30)47-41-22-9-6-18-37(41)44-36(19-11-23-43(44)47)33-15-3-2-14-32(33)34-16-4-7-20-39(34)48-40-21-8-5-17-35(40)38-26-29(28-45)24-25-42(38)48;45-27-29-24-25-42-37(26-29)44-36(18-11-23-43(44)47(42)38-19-7-1-12-30(38)28-46)32-14-3-2-13-31(32)33-15-4-8-20-39(33)48-40-21-9-5-16-34(40)35-17-6-10-22-41(35)48;45-27-29-20-23-31(24-21-29)47-41-18-8-5-14-37(41)44-36(15-9-19-43(44)47)33-11-2-1-10-32(33)34-12-3-6-16-39(34)48-40-17-7-4-13-35(40)38-26-30(28-46)22-25-42(38)48/h2-27H;2*1-26H. The highest BCUT2D eigenvalue weighted by atomic mass is 15.0. The Bertz CT molecular complexity index is 10200. The van der Waals surface area contributed by atoms with Crippen molar-refractivity contribution in [1.82, 2.24) is 27.4 Å². The Hall–Kier alpha value is -20.6. The first-order valence-corrected chi connectivity index (χ1v) is 47.7. The van der Waals surface area contributed by atoms with Crippen LogP contribution in [-0.4, -0.2) is 27.4 Å². The van der Waals surface area contributed by atoms with E-state index in [1.807, 2.05) is 109 Å². The van der Waals surface area contributed by atoms with E-state index >= 15 is 0 Å². The third-order valence-corrected chi connectivity index (χ3v) is 28.2. The molecule has 0 bridgehead atoms. The predicted molar refractivity (Wildman–Crippen MR) is 588 cm³/mol. The second-order valence-corrected chi connectivity index (χ2v) is 35.9. The number of nitrogens with zero attached hydrogens (tertiary/aromatic N) is 12. The molecule has 666 valence electrons. The van der Waals surface area contributed by atoms with Crippen molar-refractivity contribution < 1.29 is 0 Å². The van der Waals surface area contributed by atoms with E-state index in [0.717, 1.165) is 205 Å². The molecule has 27 aromatic rings. The van der Waals surface area contributed by atoms with E-state index in [4.69, 9.17) is 6.57 Å². The first kappa shape index (κ1) is 85.1. The van der Waals surface area contributed by atoms with Gasteiger partial charge in [0.05, 0.1) is 148 Å². The number of fused-ring (bicyclic) bond motifs is 18. The van der Waals surface area contributed by atoms with Gasteiger partial charge in [0, 0.05) is 92.7 Å². The molecule has 12 heteroatoms. The summed E-state index contributed by atoms with van der Waals surface area (Å²) in [7, 11) is 0. The molecule has 6 heterocycles. The maximum absolute atomic E-state index is 10.1. The lowest BCUT2D eigenvalue weighted by Gasteiger charge is -2.17. The second-order valence-electron chi connectivity index (χ2n) is 35.9. The van der Waals surface area contributed by atoms with Crippen LogP contribution in [0.15, 0.2) is 473 Å². The van der Waals surface area contributed by atoms with E-state index in [9.17, 15) is 26.3 Å². The van der Waals surface area contributed by atoms with Crippen molar-refractivity contribution in [3.05, 3.63) is 512 Å². The van der Waals surface area contributed by atoms with Crippen molar-refractivity contribution in [1.29, 1.82) is 26.3 Å². The molecule has 21 aromatic carbocycles. The fraction of sp³-hybridized carbons (Fsp3) is 0. The lowest BCUT2D eigenvalue weighted by molar-refractivity contribution is 1.17. The van der Waals surface area contributed by atoms with Crippen LogP contribution < -0.4 is 0 Å². The van der Waals surface area contributed by atoms with Crippen LogP contribution in [0, 0.1) is 63.2 Å². The summed E-state index contributed by atoms with van der Waals surface area (Å²) in [6, 6.07) is 175. The van der Waals surface area contributed by atoms with Gasteiger partial charge in [-0.1, -0.05) is 297 Å². The third kappa shape index (κ3) is 13.9. The van der Waals surface area contributed by atoms with E-state index in [2.05, 4.69) is 427 Å². The molecule has 0 saturated heterocycles. The van der Waals surface area contributed by atoms with E-state index in [1.54, 1.807) is 0 Å². The molecule has 0 aliphatic carbocycles. The lowest BCUT2D eigenvalue weighted by Crippen LogP contribution is -1.98. The van der Waals surface area contributed by atoms with Crippen LogP contribution >= 0.6 is 0 Å². The van der Waals surface area contributed by atoms with Gasteiger partial charge in [-0.05, 0) is 226 Å². The van der Waals surface area contributed by atoms with Gasteiger partial charge in [0.15, 0.2) is 5.69 Å². The summed E-state index contributed by atoms with van der Waals surface area (Å²) in [5, 5.41) is 62.3. The molecule has 0 radical (unpaired) electrons. The minimum Gasteiger partial charge on any atom is -0.310 e. The number of nitriles is 5. The second kappa shape index (κ2) is 35.5. The molecule has 27 rings (SSSR count). The molecular formula is C132H78N12. The fourth-order valence-corrected chi connectivity index (χ4v) is 22.2. The molecule has 144 heavy (non-hydrogen) atoms. The number of rotatable bonds is 12. The highest BCUT2D eigenvalue weighted by molar-refractivity contribution is 6.22. The van der Waals surface area contributed by atoms with Gasteiger partial charge in [0.25, 0.3) is 0 Å². The van der Waals surface area contributed by atoms with Gasteiger partial charge >= 0.3 is 0 Å². The van der Waals surface area contributed by atoms with Gasteiger partial charge in [-0.2, -0.15) is 26.3 Å². The summed E-state index contributed by atoms with van der Waals surface area (Å²) < 4.78 is 13.8. The number of para-hydroxylation sites is 10. The molecule has 12 nitrogen and oxygen atoms in total. The number of hydrogen-bond acceptors (Lipinski definition) is 5. The van der Waals surface area contributed by atoms with Gasteiger partial charge in [0.2, 0.25) is 0 Å². The normalized spacial score (nSPS) is 11.3. The molecule has 0 amide bonds. The average molecular weight is 1830 g/mol. The van der Waals surface area contributed by atoms with Crippen LogP contribution in [0.25, 0.3) is 237 Å². The van der Waals surface area contributed by atoms with Crippen molar-refractivity contribution in [2.75, 3.05) is 0 Å². The molecule has 0 fully saturated rings. The van der Waals surface area contributed by atoms with Crippen LogP contribution in [0.3, 0.4) is 0 Å². The van der Waals surface area contributed by atoms with Gasteiger partial charge in [-0.15, -0.1) is 0 Å². The summed E-state index contributed by atoms with van der Waals surface area (Å²) in [6.07, 6.45) is 0. The van der Waals surface area contributed by atoms with Crippen LogP contribution in [0.2, 0.25) is 0 Å². The molecule has 0 unspecified atom stereocenters. The number of hydrogen-bond donors (Lipinski definition) is 0. The Labute approximate surface area is 828 Å². The maximum Gasteiger partial charge on any atom is 0.189 e. The minimum atomic E-state index is 0.589. The van der Waals surface area contributed by atoms with Crippen molar-refractivity contribution in [3.8, 4) is 131 Å². The van der Waals surface area contributed by atoms with Crippen molar-refractivity contribution in [3.63, 3.8) is 0 Å². The fourth-order valence-electron chi connectivity index (χ4n) is 22.2. The molecule has 0 aliphatic heterocycles. The zero-order chi connectivity index (χ0) is 96.6. The number of aromatic nitrogens is 6. The monoisotopic (exact) mass is 1830 g/mol. The summed E-state index contributed by atoms with van der Waals surface area (Å²) in [5.74, 6) is 0. The molecular weight excluding hydrogens is 1750 g/mol. The average Bonchev–Trinajstić information content (AvgIpc) is 1.56. The Balaban J connectivity index is 0.000000113. The quantitative estimate of drug-likeness (QED) is 0.111. The van der Waals surface area contributed by atoms with Crippen LogP contribution in [0.5, 0.6) is 0 Å². The zero-order valence-corrected chi connectivity index (χ0v) is 77.4. The first-order valence-electron chi connectivity index (χ1n) is 47.7. The summed E-state index contributed by atoms with van der Waals surface area (Å²) in [4.78, 5) is 3.71. The largest absolute Gasteiger partial charge is 0.310 e. The predicted octanol–water partition coefficient (Wildman–Crippen LogP) is 33.6. The summed E-state index contributed by atoms with van der Waals surface area (Å²) in [5.41, 5.74) is 36.2. The maximum atomic E-state index is 10.1.